The molecule has 1 unspecified atom stereocenters. The molecule has 0 heterocycles. The zero-order valence-corrected chi connectivity index (χ0v) is 14.5. The van der Waals surface area contributed by atoms with Gasteiger partial charge in [0.1, 0.15) is 5.82 Å². The van der Waals surface area contributed by atoms with Crippen LogP contribution in [0.2, 0.25) is 5.02 Å². The molecule has 0 saturated heterocycles. The van der Waals surface area contributed by atoms with Gasteiger partial charge in [0.25, 0.3) is 0 Å². The van der Waals surface area contributed by atoms with Gasteiger partial charge in [0.2, 0.25) is 0 Å². The van der Waals surface area contributed by atoms with Crippen molar-refractivity contribution in [2.24, 2.45) is 5.41 Å². The highest BCUT2D eigenvalue weighted by molar-refractivity contribution is 9.10. The fourth-order valence-electron chi connectivity index (χ4n) is 3.34. The average Bonchev–Trinajstić information content (AvgIpc) is 2.41. The fourth-order valence-corrected chi connectivity index (χ4v) is 3.83. The third kappa shape index (κ3) is 3.37. The maximum atomic E-state index is 14.4. The highest BCUT2D eigenvalue weighted by Crippen LogP contribution is 2.47. The van der Waals surface area contributed by atoms with Crippen LogP contribution in [0.1, 0.15) is 57.6 Å². The van der Waals surface area contributed by atoms with E-state index in [1.54, 1.807) is 6.07 Å². The second-order valence-electron chi connectivity index (χ2n) is 5.99. The minimum atomic E-state index is -0.181. The number of hydrogen-bond acceptors (Lipinski definition) is 1. The first-order valence-corrected chi connectivity index (χ1v) is 8.53. The molecule has 0 radical (unpaired) electrons. The van der Waals surface area contributed by atoms with Crippen LogP contribution in [0.25, 0.3) is 0 Å². The van der Waals surface area contributed by atoms with Crippen LogP contribution in [0.3, 0.4) is 0 Å². The van der Waals surface area contributed by atoms with Crippen molar-refractivity contribution in [1.82, 2.24) is 5.32 Å². The van der Waals surface area contributed by atoms with Crippen molar-refractivity contribution in [3.8, 4) is 0 Å². The second-order valence-corrected chi connectivity index (χ2v) is 7.25. The van der Waals surface area contributed by atoms with E-state index in [9.17, 15) is 4.39 Å². The summed E-state index contributed by atoms with van der Waals surface area (Å²) in [6, 6.07) is 3.28. The van der Waals surface area contributed by atoms with Gasteiger partial charge in [-0.05, 0) is 52.9 Å². The predicted octanol–water partition coefficient (Wildman–Crippen LogP) is 5.86. The Bertz CT molecular complexity index is 472. The molecule has 0 bridgehead atoms. The van der Waals surface area contributed by atoms with Gasteiger partial charge in [-0.3, -0.25) is 0 Å². The highest BCUT2D eigenvalue weighted by atomic mass is 79.9. The van der Waals surface area contributed by atoms with Crippen LogP contribution in [0.4, 0.5) is 4.39 Å². The molecule has 0 aliphatic heterocycles. The summed E-state index contributed by atoms with van der Waals surface area (Å²) in [4.78, 5) is 0. The number of benzene rings is 1. The first kappa shape index (κ1) is 16.3. The van der Waals surface area contributed by atoms with Gasteiger partial charge in [0, 0.05) is 16.1 Å². The summed E-state index contributed by atoms with van der Waals surface area (Å²) in [5.74, 6) is -0.181. The van der Waals surface area contributed by atoms with Crippen molar-refractivity contribution in [3.05, 3.63) is 33.0 Å². The number of nitrogens with one attached hydrogen (secondary N) is 1. The summed E-state index contributed by atoms with van der Waals surface area (Å²) in [6.07, 6.45) is 6.02. The molecule has 1 N–H and O–H groups in total. The summed E-state index contributed by atoms with van der Waals surface area (Å²) in [5, 5.41) is 4.06. The summed E-state index contributed by atoms with van der Waals surface area (Å²) < 4.78 is 15.0. The lowest BCUT2D eigenvalue weighted by Gasteiger charge is -2.41. The van der Waals surface area contributed by atoms with E-state index >= 15 is 0 Å². The molecule has 0 spiro atoms. The zero-order chi connectivity index (χ0) is 14.8. The maximum Gasteiger partial charge on any atom is 0.129 e. The quantitative estimate of drug-likeness (QED) is 0.661. The summed E-state index contributed by atoms with van der Waals surface area (Å²) in [6.45, 7) is 5.17. The molecule has 1 aliphatic carbocycles. The van der Waals surface area contributed by atoms with E-state index in [0.717, 1.165) is 19.4 Å². The molecule has 20 heavy (non-hydrogen) atoms. The molecule has 0 amide bonds. The van der Waals surface area contributed by atoms with Crippen molar-refractivity contribution in [3.63, 3.8) is 0 Å². The molecule has 2 rings (SSSR count). The highest BCUT2D eigenvalue weighted by Gasteiger charge is 2.37. The Labute approximate surface area is 134 Å². The van der Waals surface area contributed by atoms with Crippen LogP contribution in [-0.2, 0) is 0 Å². The molecule has 112 valence electrons. The van der Waals surface area contributed by atoms with Gasteiger partial charge in [0.05, 0.1) is 5.02 Å². The number of rotatable bonds is 4. The smallest absolute Gasteiger partial charge is 0.129 e. The Balaban J connectivity index is 2.40. The van der Waals surface area contributed by atoms with Gasteiger partial charge >= 0.3 is 0 Å². The van der Waals surface area contributed by atoms with Crippen LogP contribution < -0.4 is 5.32 Å². The fraction of sp³-hybridized carbons (Fsp3) is 0.625. The first-order chi connectivity index (χ1) is 9.48. The molecule has 1 aromatic carbocycles. The minimum absolute atomic E-state index is 0.0263. The van der Waals surface area contributed by atoms with Crippen LogP contribution in [0, 0.1) is 11.2 Å². The molecule has 1 saturated carbocycles. The van der Waals surface area contributed by atoms with Crippen molar-refractivity contribution in [2.75, 3.05) is 6.54 Å². The Morgan fingerprint density at radius 1 is 1.35 bits per heavy atom. The predicted molar refractivity (Wildman–Crippen MR) is 86.7 cm³/mol. The molecule has 4 heteroatoms. The molecule has 1 fully saturated rings. The Kier molecular flexibility index (Phi) is 5.49. The molecule has 1 nitrogen and oxygen atoms in total. The van der Waals surface area contributed by atoms with Crippen LogP contribution in [-0.4, -0.2) is 6.54 Å². The van der Waals surface area contributed by atoms with Gasteiger partial charge < -0.3 is 5.32 Å². The van der Waals surface area contributed by atoms with Crippen LogP contribution >= 0.6 is 27.5 Å². The van der Waals surface area contributed by atoms with Crippen molar-refractivity contribution < 1.29 is 4.39 Å². The van der Waals surface area contributed by atoms with Gasteiger partial charge in [0.15, 0.2) is 0 Å². The third-order valence-corrected chi connectivity index (χ3v) is 5.65. The summed E-state index contributed by atoms with van der Waals surface area (Å²) in [5.41, 5.74) is 0.802. The van der Waals surface area contributed by atoms with E-state index < -0.39 is 0 Å². The normalized spacial score (nSPS) is 19.9. The SMILES string of the molecule is CCNC(c1cc(Cl)c(Br)cc1F)C1(C)CCCCC1. The average molecular weight is 363 g/mol. The van der Waals surface area contributed by atoms with Gasteiger partial charge in [-0.25, -0.2) is 4.39 Å². The lowest BCUT2D eigenvalue weighted by molar-refractivity contribution is 0.143. The minimum Gasteiger partial charge on any atom is -0.310 e. The summed E-state index contributed by atoms with van der Waals surface area (Å²) in [7, 11) is 0. The second kappa shape index (κ2) is 6.76. The first-order valence-electron chi connectivity index (χ1n) is 7.36. The third-order valence-electron chi connectivity index (χ3n) is 4.45. The van der Waals surface area contributed by atoms with E-state index in [-0.39, 0.29) is 17.3 Å². The number of hydrogen-bond donors (Lipinski definition) is 1. The summed E-state index contributed by atoms with van der Waals surface area (Å²) >= 11 is 9.46. The largest absolute Gasteiger partial charge is 0.310 e. The Hall–Kier alpha value is -0.120. The van der Waals surface area contributed by atoms with Crippen molar-refractivity contribution >= 4 is 27.5 Å². The van der Waals surface area contributed by atoms with Gasteiger partial charge in [-0.2, -0.15) is 0 Å². The Morgan fingerprint density at radius 3 is 2.60 bits per heavy atom. The van der Waals surface area contributed by atoms with Gasteiger partial charge in [-0.15, -0.1) is 0 Å². The maximum absolute atomic E-state index is 14.4. The molecule has 1 aliphatic rings. The number of halogens is 3. The molecular weight excluding hydrogens is 341 g/mol. The lowest BCUT2D eigenvalue weighted by Crippen LogP contribution is -2.38. The molecular formula is C16H22BrClFN. The lowest BCUT2D eigenvalue weighted by atomic mass is 9.68. The standard InChI is InChI=1S/C16H22BrClFN/c1-3-20-15(16(2)7-5-4-6-8-16)11-9-13(18)12(17)10-14(11)19/h9-10,15,20H,3-8H2,1-2H3. The van der Waals surface area contributed by atoms with Crippen molar-refractivity contribution in [2.45, 2.75) is 52.0 Å². The van der Waals surface area contributed by atoms with E-state index in [4.69, 9.17) is 11.6 Å². The van der Waals surface area contributed by atoms with Crippen LogP contribution in [0.5, 0.6) is 0 Å². The van der Waals surface area contributed by atoms with Gasteiger partial charge in [-0.1, -0.05) is 44.7 Å². The topological polar surface area (TPSA) is 12.0 Å². The molecule has 1 aromatic rings. The van der Waals surface area contributed by atoms with E-state index in [1.165, 1.54) is 25.3 Å². The monoisotopic (exact) mass is 361 g/mol. The van der Waals surface area contributed by atoms with Crippen LogP contribution in [0.15, 0.2) is 16.6 Å². The Morgan fingerprint density at radius 2 is 2.00 bits per heavy atom. The zero-order valence-electron chi connectivity index (χ0n) is 12.1. The molecule has 1 atom stereocenters. The molecule has 0 aromatic heterocycles. The van der Waals surface area contributed by atoms with E-state index in [0.29, 0.717) is 15.1 Å². The van der Waals surface area contributed by atoms with Crippen molar-refractivity contribution in [1.29, 1.82) is 0 Å². The van der Waals surface area contributed by atoms with E-state index in [2.05, 4.69) is 35.1 Å². The van der Waals surface area contributed by atoms with E-state index in [1.807, 2.05) is 0 Å².